The van der Waals surface area contributed by atoms with Gasteiger partial charge in [0.1, 0.15) is 0 Å². The minimum Gasteiger partial charge on any atom is -0.398 e. The number of ether oxygens (including phenoxy) is 1. The number of para-hydroxylation sites is 1. The molecule has 2 aromatic heterocycles. The standard InChI is InChI=1S/C24H24N6OS/c25-14-19-18(7-4-8-20(19)26)23-28-21-13-17(15-27-16-5-2-1-3-6-16)32-22(21)24(29-23)30-9-11-31-12-10-30/h1-8,13-14,25,27H,9-12,15,26H2. The molecule has 7 nitrogen and oxygen atoms in total. The normalized spacial score (nSPS) is 13.9. The Labute approximate surface area is 190 Å². The van der Waals surface area contributed by atoms with Crippen LogP contribution in [0.25, 0.3) is 21.6 Å². The van der Waals surface area contributed by atoms with Gasteiger partial charge in [-0.3, -0.25) is 0 Å². The molecule has 0 aliphatic carbocycles. The van der Waals surface area contributed by atoms with Gasteiger partial charge in [-0.1, -0.05) is 30.3 Å². The van der Waals surface area contributed by atoms with Crippen molar-refractivity contribution in [2.45, 2.75) is 6.54 Å². The number of rotatable bonds is 6. The summed E-state index contributed by atoms with van der Waals surface area (Å²) in [6.45, 7) is 3.65. The second-order valence-corrected chi connectivity index (χ2v) is 8.71. The van der Waals surface area contributed by atoms with Crippen molar-refractivity contribution >= 4 is 45.0 Å². The van der Waals surface area contributed by atoms with Crippen LogP contribution >= 0.6 is 11.3 Å². The van der Waals surface area contributed by atoms with E-state index in [1.54, 1.807) is 17.4 Å². The zero-order chi connectivity index (χ0) is 21.9. The van der Waals surface area contributed by atoms with Crippen LogP contribution < -0.4 is 16.0 Å². The van der Waals surface area contributed by atoms with Gasteiger partial charge in [-0.05, 0) is 24.3 Å². The zero-order valence-corrected chi connectivity index (χ0v) is 18.4. The van der Waals surface area contributed by atoms with E-state index in [4.69, 9.17) is 25.8 Å². The quantitative estimate of drug-likeness (QED) is 0.301. The van der Waals surface area contributed by atoms with Crippen molar-refractivity contribution in [2.75, 3.05) is 42.3 Å². The number of aromatic nitrogens is 2. The van der Waals surface area contributed by atoms with Crippen LogP contribution in [0.2, 0.25) is 0 Å². The summed E-state index contributed by atoms with van der Waals surface area (Å²) < 4.78 is 6.63. The third kappa shape index (κ3) is 4.02. The summed E-state index contributed by atoms with van der Waals surface area (Å²) in [7, 11) is 0. The summed E-state index contributed by atoms with van der Waals surface area (Å²) in [5.41, 5.74) is 10.1. The molecule has 1 saturated heterocycles. The Balaban J connectivity index is 1.58. The second kappa shape index (κ2) is 8.94. The lowest BCUT2D eigenvalue weighted by atomic mass is 10.1. The number of nitrogens with one attached hydrogen (secondary N) is 2. The molecule has 5 rings (SSSR count). The summed E-state index contributed by atoms with van der Waals surface area (Å²) >= 11 is 1.71. The van der Waals surface area contributed by atoms with E-state index in [9.17, 15) is 0 Å². The fourth-order valence-electron chi connectivity index (χ4n) is 3.85. The highest BCUT2D eigenvalue weighted by molar-refractivity contribution is 7.19. The maximum absolute atomic E-state index is 7.83. The molecule has 0 unspecified atom stereocenters. The van der Waals surface area contributed by atoms with Crippen LogP contribution in [0.4, 0.5) is 17.2 Å². The van der Waals surface area contributed by atoms with Crippen LogP contribution in [0.15, 0.2) is 54.6 Å². The highest BCUT2D eigenvalue weighted by Crippen LogP contribution is 2.35. The van der Waals surface area contributed by atoms with Crippen molar-refractivity contribution in [2.24, 2.45) is 0 Å². The predicted octanol–water partition coefficient (Wildman–Crippen LogP) is 4.39. The van der Waals surface area contributed by atoms with Gasteiger partial charge in [0.15, 0.2) is 11.6 Å². The average molecular weight is 445 g/mol. The third-order valence-electron chi connectivity index (χ3n) is 5.48. The fraction of sp³-hybridized carbons (Fsp3) is 0.208. The first-order chi connectivity index (χ1) is 15.7. The molecule has 0 saturated carbocycles. The largest absolute Gasteiger partial charge is 0.398 e. The molecule has 3 heterocycles. The van der Waals surface area contributed by atoms with E-state index in [1.807, 2.05) is 30.3 Å². The SMILES string of the molecule is N=Cc1c(N)cccc1-c1nc(N2CCOCC2)c2sc(CNc3ccccc3)cc2n1. The molecule has 0 radical (unpaired) electrons. The van der Waals surface area contributed by atoms with E-state index >= 15 is 0 Å². The van der Waals surface area contributed by atoms with Gasteiger partial charge in [-0.25, -0.2) is 9.97 Å². The van der Waals surface area contributed by atoms with Gasteiger partial charge in [-0.2, -0.15) is 0 Å². The smallest absolute Gasteiger partial charge is 0.162 e. The topological polar surface area (TPSA) is 100 Å². The molecule has 32 heavy (non-hydrogen) atoms. The van der Waals surface area contributed by atoms with Crippen molar-refractivity contribution in [3.63, 3.8) is 0 Å². The monoisotopic (exact) mass is 444 g/mol. The number of hydrogen-bond donors (Lipinski definition) is 3. The lowest BCUT2D eigenvalue weighted by Gasteiger charge is -2.28. The number of nitrogens with two attached hydrogens (primary N) is 1. The number of anilines is 3. The van der Waals surface area contributed by atoms with Crippen LogP contribution in [0.3, 0.4) is 0 Å². The van der Waals surface area contributed by atoms with Crippen molar-refractivity contribution < 1.29 is 4.74 Å². The lowest BCUT2D eigenvalue weighted by Crippen LogP contribution is -2.36. The van der Waals surface area contributed by atoms with Gasteiger partial charge in [0.25, 0.3) is 0 Å². The highest BCUT2D eigenvalue weighted by Gasteiger charge is 2.21. The first kappa shape index (κ1) is 20.4. The number of hydrogen-bond acceptors (Lipinski definition) is 8. The molecule has 0 bridgehead atoms. The Morgan fingerprint density at radius 3 is 2.69 bits per heavy atom. The second-order valence-electron chi connectivity index (χ2n) is 7.57. The lowest BCUT2D eigenvalue weighted by molar-refractivity contribution is 0.122. The van der Waals surface area contributed by atoms with E-state index in [-0.39, 0.29) is 0 Å². The summed E-state index contributed by atoms with van der Waals surface area (Å²) in [6.07, 6.45) is 1.27. The van der Waals surface area contributed by atoms with Crippen molar-refractivity contribution in [3.05, 3.63) is 65.0 Å². The average Bonchev–Trinajstić information content (AvgIpc) is 3.26. The molecule has 1 fully saturated rings. The van der Waals surface area contributed by atoms with Crippen LogP contribution in [-0.4, -0.2) is 42.5 Å². The van der Waals surface area contributed by atoms with Gasteiger partial charge in [0.05, 0.1) is 23.4 Å². The van der Waals surface area contributed by atoms with E-state index in [0.29, 0.717) is 36.8 Å². The van der Waals surface area contributed by atoms with E-state index in [0.717, 1.165) is 40.4 Å². The summed E-state index contributed by atoms with van der Waals surface area (Å²) in [6, 6.07) is 17.9. The van der Waals surface area contributed by atoms with Gasteiger partial charge < -0.3 is 26.1 Å². The molecule has 4 aromatic rings. The zero-order valence-electron chi connectivity index (χ0n) is 17.5. The molecule has 0 spiro atoms. The number of morpholine rings is 1. The maximum atomic E-state index is 7.83. The number of benzene rings is 2. The molecule has 8 heteroatoms. The van der Waals surface area contributed by atoms with Gasteiger partial charge in [0, 0.05) is 53.2 Å². The molecule has 0 amide bonds. The molecule has 2 aromatic carbocycles. The highest BCUT2D eigenvalue weighted by atomic mass is 32.1. The number of fused-ring (bicyclic) bond motifs is 1. The van der Waals surface area contributed by atoms with E-state index < -0.39 is 0 Å². The van der Waals surface area contributed by atoms with Gasteiger partial charge in [0.2, 0.25) is 0 Å². The number of nitrogen functional groups attached to an aromatic ring is 1. The van der Waals surface area contributed by atoms with Crippen molar-refractivity contribution in [1.82, 2.24) is 9.97 Å². The Kier molecular flexibility index (Phi) is 5.70. The molecule has 1 aliphatic heterocycles. The minimum atomic E-state index is 0.548. The fourth-order valence-corrected chi connectivity index (χ4v) is 4.90. The summed E-state index contributed by atoms with van der Waals surface area (Å²) in [4.78, 5) is 13.3. The minimum absolute atomic E-state index is 0.548. The Bertz CT molecular complexity index is 1250. The third-order valence-corrected chi connectivity index (χ3v) is 6.60. The van der Waals surface area contributed by atoms with Crippen molar-refractivity contribution in [1.29, 1.82) is 5.41 Å². The van der Waals surface area contributed by atoms with Crippen LogP contribution in [0.5, 0.6) is 0 Å². The van der Waals surface area contributed by atoms with Crippen LogP contribution in [-0.2, 0) is 11.3 Å². The maximum Gasteiger partial charge on any atom is 0.162 e. The molecule has 1 aliphatic rings. The summed E-state index contributed by atoms with van der Waals surface area (Å²) in [5.74, 6) is 1.51. The Morgan fingerprint density at radius 2 is 1.91 bits per heavy atom. The Hall–Kier alpha value is -3.49. The molecular weight excluding hydrogens is 420 g/mol. The molecule has 4 N–H and O–H groups in total. The molecule has 0 atom stereocenters. The van der Waals surface area contributed by atoms with Crippen LogP contribution in [0.1, 0.15) is 10.4 Å². The summed E-state index contributed by atoms with van der Waals surface area (Å²) in [5, 5.41) is 11.3. The predicted molar refractivity (Wildman–Crippen MR) is 132 cm³/mol. The molecule has 162 valence electrons. The van der Waals surface area contributed by atoms with Gasteiger partial charge >= 0.3 is 0 Å². The number of nitrogens with zero attached hydrogens (tertiary/aromatic N) is 3. The van der Waals surface area contributed by atoms with Gasteiger partial charge in [-0.15, -0.1) is 11.3 Å². The Morgan fingerprint density at radius 1 is 1.09 bits per heavy atom. The van der Waals surface area contributed by atoms with Crippen molar-refractivity contribution in [3.8, 4) is 11.4 Å². The molecular formula is C24H24N6OS. The van der Waals surface area contributed by atoms with E-state index in [2.05, 4.69) is 28.4 Å². The number of thiophene rings is 1. The first-order valence-corrected chi connectivity index (χ1v) is 11.4. The first-order valence-electron chi connectivity index (χ1n) is 10.5. The van der Waals surface area contributed by atoms with Crippen LogP contribution in [0, 0.1) is 5.41 Å². The van der Waals surface area contributed by atoms with E-state index in [1.165, 1.54) is 11.1 Å².